The molecule has 1 heterocycles. The molecule has 17 heavy (non-hydrogen) atoms. The highest BCUT2D eigenvalue weighted by Gasteiger charge is 2.31. The average Bonchev–Trinajstić information content (AvgIpc) is 3.04. The molecule has 4 heteroatoms. The molecule has 1 aromatic heterocycles. The van der Waals surface area contributed by atoms with Gasteiger partial charge in [0.25, 0.3) is 0 Å². The molecule has 2 unspecified atom stereocenters. The van der Waals surface area contributed by atoms with E-state index in [1.807, 2.05) is 0 Å². The summed E-state index contributed by atoms with van der Waals surface area (Å²) < 4.78 is 0. The molecule has 0 amide bonds. The summed E-state index contributed by atoms with van der Waals surface area (Å²) in [7, 11) is 2.17. The first-order valence-electron chi connectivity index (χ1n) is 6.55. The lowest BCUT2D eigenvalue weighted by Gasteiger charge is -2.24. The van der Waals surface area contributed by atoms with E-state index in [1.165, 1.54) is 18.5 Å². The van der Waals surface area contributed by atoms with E-state index in [0.29, 0.717) is 12.1 Å². The SMILES string of the molecule is CCNC(C)c1csc(N(C)C(C)C2CC2)n1. The normalized spacial score (nSPS) is 19.1. The summed E-state index contributed by atoms with van der Waals surface area (Å²) in [6.45, 7) is 7.60. The summed E-state index contributed by atoms with van der Waals surface area (Å²) in [5.41, 5.74) is 1.17. The van der Waals surface area contributed by atoms with Crippen molar-refractivity contribution in [1.82, 2.24) is 10.3 Å². The highest BCUT2D eigenvalue weighted by Crippen LogP contribution is 2.37. The lowest BCUT2D eigenvalue weighted by Crippen LogP contribution is -2.30. The minimum Gasteiger partial charge on any atom is -0.348 e. The number of anilines is 1. The molecule has 0 radical (unpaired) electrons. The summed E-state index contributed by atoms with van der Waals surface area (Å²) in [6, 6.07) is 0.984. The highest BCUT2D eigenvalue weighted by atomic mass is 32.1. The van der Waals surface area contributed by atoms with Crippen LogP contribution in [0.25, 0.3) is 0 Å². The van der Waals surface area contributed by atoms with Crippen molar-refractivity contribution in [2.24, 2.45) is 5.92 Å². The Balaban J connectivity index is 2.01. The predicted octanol–water partition coefficient (Wildman–Crippen LogP) is 3.05. The molecule has 1 fully saturated rings. The molecule has 0 aliphatic heterocycles. The van der Waals surface area contributed by atoms with Gasteiger partial charge in [-0.3, -0.25) is 0 Å². The van der Waals surface area contributed by atoms with E-state index >= 15 is 0 Å². The van der Waals surface area contributed by atoms with Crippen molar-refractivity contribution in [3.63, 3.8) is 0 Å². The van der Waals surface area contributed by atoms with Gasteiger partial charge in [0.1, 0.15) is 0 Å². The monoisotopic (exact) mass is 253 g/mol. The standard InChI is InChI=1S/C13H23N3S/c1-5-14-9(2)12-8-17-13(15-12)16(4)10(3)11-6-7-11/h8-11,14H,5-7H2,1-4H3. The maximum atomic E-state index is 4.74. The zero-order chi connectivity index (χ0) is 12.4. The van der Waals surface area contributed by atoms with Gasteiger partial charge in [-0.1, -0.05) is 6.92 Å². The summed E-state index contributed by atoms with van der Waals surface area (Å²) in [5.74, 6) is 0.888. The Morgan fingerprint density at radius 1 is 1.53 bits per heavy atom. The zero-order valence-electron chi connectivity index (χ0n) is 11.2. The van der Waals surface area contributed by atoms with Crippen LogP contribution in [0.4, 0.5) is 5.13 Å². The minimum atomic E-state index is 0.356. The van der Waals surface area contributed by atoms with Gasteiger partial charge in [0, 0.05) is 24.5 Å². The van der Waals surface area contributed by atoms with Gasteiger partial charge in [-0.05, 0) is 39.2 Å². The first kappa shape index (κ1) is 12.8. The molecule has 2 rings (SSSR count). The van der Waals surface area contributed by atoms with Gasteiger partial charge < -0.3 is 10.2 Å². The Hall–Kier alpha value is -0.610. The Kier molecular flexibility index (Phi) is 4.05. The molecule has 0 aromatic carbocycles. The Morgan fingerprint density at radius 3 is 2.82 bits per heavy atom. The van der Waals surface area contributed by atoms with Crippen LogP contribution in [0.1, 0.15) is 45.3 Å². The van der Waals surface area contributed by atoms with Crippen molar-refractivity contribution in [2.45, 2.75) is 45.7 Å². The lowest BCUT2D eigenvalue weighted by atomic mass is 10.2. The van der Waals surface area contributed by atoms with Gasteiger partial charge in [-0.25, -0.2) is 4.98 Å². The maximum absolute atomic E-state index is 4.74. The van der Waals surface area contributed by atoms with Crippen molar-refractivity contribution in [3.05, 3.63) is 11.1 Å². The van der Waals surface area contributed by atoms with Crippen molar-refractivity contribution in [3.8, 4) is 0 Å². The molecule has 3 nitrogen and oxygen atoms in total. The Morgan fingerprint density at radius 2 is 2.24 bits per heavy atom. The average molecular weight is 253 g/mol. The first-order chi connectivity index (χ1) is 8.13. The largest absolute Gasteiger partial charge is 0.348 e. The molecular formula is C13H23N3S. The van der Waals surface area contributed by atoms with Crippen molar-refractivity contribution in [1.29, 1.82) is 0 Å². The summed E-state index contributed by atoms with van der Waals surface area (Å²) >= 11 is 1.76. The molecule has 2 atom stereocenters. The van der Waals surface area contributed by atoms with Gasteiger partial charge in [0.2, 0.25) is 0 Å². The third-order valence-corrected chi connectivity index (χ3v) is 4.63. The van der Waals surface area contributed by atoms with Crippen molar-refractivity contribution >= 4 is 16.5 Å². The molecule has 1 N–H and O–H groups in total. The van der Waals surface area contributed by atoms with E-state index in [2.05, 4.69) is 43.4 Å². The molecule has 0 spiro atoms. The fourth-order valence-electron chi connectivity index (χ4n) is 2.12. The highest BCUT2D eigenvalue weighted by molar-refractivity contribution is 7.13. The molecule has 0 saturated heterocycles. The van der Waals surface area contributed by atoms with Crippen LogP contribution in [-0.4, -0.2) is 24.6 Å². The van der Waals surface area contributed by atoms with Crippen molar-refractivity contribution in [2.75, 3.05) is 18.5 Å². The lowest BCUT2D eigenvalue weighted by molar-refractivity contribution is 0.580. The summed E-state index contributed by atoms with van der Waals surface area (Å²) in [5, 5.41) is 6.74. The topological polar surface area (TPSA) is 28.2 Å². The minimum absolute atomic E-state index is 0.356. The zero-order valence-corrected chi connectivity index (χ0v) is 12.0. The molecule has 1 aromatic rings. The summed E-state index contributed by atoms with van der Waals surface area (Å²) in [6.07, 6.45) is 2.77. The van der Waals surface area contributed by atoms with Crippen LogP contribution in [0.15, 0.2) is 5.38 Å². The second-order valence-corrected chi connectivity index (χ2v) is 5.86. The second kappa shape index (κ2) is 5.36. The maximum Gasteiger partial charge on any atom is 0.185 e. The number of aromatic nitrogens is 1. The number of nitrogens with zero attached hydrogens (tertiary/aromatic N) is 2. The van der Waals surface area contributed by atoms with Crippen LogP contribution < -0.4 is 10.2 Å². The quantitative estimate of drug-likeness (QED) is 0.844. The van der Waals surface area contributed by atoms with E-state index < -0.39 is 0 Å². The first-order valence-corrected chi connectivity index (χ1v) is 7.43. The number of hydrogen-bond donors (Lipinski definition) is 1. The smallest absolute Gasteiger partial charge is 0.185 e. The molecule has 1 saturated carbocycles. The van der Waals surface area contributed by atoms with Gasteiger partial charge in [0.05, 0.1) is 5.69 Å². The van der Waals surface area contributed by atoms with E-state index in [9.17, 15) is 0 Å². The number of thiazole rings is 1. The third-order valence-electron chi connectivity index (χ3n) is 3.68. The van der Waals surface area contributed by atoms with Crippen LogP contribution in [0, 0.1) is 5.92 Å². The van der Waals surface area contributed by atoms with Crippen LogP contribution in [-0.2, 0) is 0 Å². The Bertz CT molecular complexity index is 359. The molecule has 1 aliphatic carbocycles. The molecule has 96 valence electrons. The van der Waals surface area contributed by atoms with E-state index in [0.717, 1.165) is 17.6 Å². The van der Waals surface area contributed by atoms with Gasteiger partial charge in [-0.2, -0.15) is 0 Å². The van der Waals surface area contributed by atoms with E-state index in [4.69, 9.17) is 4.98 Å². The third kappa shape index (κ3) is 2.99. The van der Waals surface area contributed by atoms with Crippen molar-refractivity contribution < 1.29 is 0 Å². The number of rotatable bonds is 6. The van der Waals surface area contributed by atoms with Crippen LogP contribution in [0.3, 0.4) is 0 Å². The second-order valence-electron chi connectivity index (χ2n) is 5.02. The fraction of sp³-hybridized carbons (Fsp3) is 0.769. The van der Waals surface area contributed by atoms with Gasteiger partial charge >= 0.3 is 0 Å². The van der Waals surface area contributed by atoms with Crippen LogP contribution >= 0.6 is 11.3 Å². The van der Waals surface area contributed by atoms with E-state index in [1.54, 1.807) is 11.3 Å². The molecule has 1 aliphatic rings. The van der Waals surface area contributed by atoms with Crippen LogP contribution in [0.2, 0.25) is 0 Å². The van der Waals surface area contributed by atoms with Gasteiger partial charge in [-0.15, -0.1) is 11.3 Å². The summed E-state index contributed by atoms with van der Waals surface area (Å²) in [4.78, 5) is 7.08. The molecule has 0 bridgehead atoms. The number of hydrogen-bond acceptors (Lipinski definition) is 4. The number of nitrogens with one attached hydrogen (secondary N) is 1. The fourth-order valence-corrected chi connectivity index (χ4v) is 3.09. The van der Waals surface area contributed by atoms with Crippen LogP contribution in [0.5, 0.6) is 0 Å². The van der Waals surface area contributed by atoms with Gasteiger partial charge in [0.15, 0.2) is 5.13 Å². The predicted molar refractivity (Wildman–Crippen MR) is 74.8 cm³/mol. The molecular weight excluding hydrogens is 230 g/mol. The Labute approximate surface area is 108 Å². The van der Waals surface area contributed by atoms with E-state index in [-0.39, 0.29) is 0 Å².